The van der Waals surface area contributed by atoms with E-state index < -0.39 is 22.1 Å². The Kier molecular flexibility index (Phi) is 3.51. The Morgan fingerprint density at radius 1 is 1.27 bits per heavy atom. The van der Waals surface area contributed by atoms with E-state index in [1.165, 1.54) is 6.92 Å². The third kappa shape index (κ3) is 3.20. The van der Waals surface area contributed by atoms with Crippen molar-refractivity contribution >= 4 is 10.7 Å². The molecule has 11 heavy (non-hydrogen) atoms. The Labute approximate surface area is 69.4 Å². The number of aliphatic hydroxyl groups is 1. The minimum Gasteiger partial charge on any atom is -0.391 e. The lowest BCUT2D eigenvalue weighted by Gasteiger charge is -2.27. The van der Waals surface area contributed by atoms with E-state index in [-0.39, 0.29) is 5.41 Å². The molecule has 0 aromatic heterocycles. The molecule has 4 heteroatoms. The predicted octanol–water partition coefficient (Wildman–Crippen LogP) is 0.393. The molecule has 0 radical (unpaired) electrons. The van der Waals surface area contributed by atoms with Gasteiger partial charge in [-0.3, -0.25) is 0 Å². The molecule has 0 bridgehead atoms. The molecule has 3 nitrogen and oxygen atoms in total. The van der Waals surface area contributed by atoms with Gasteiger partial charge in [0.2, 0.25) is 0 Å². The molecule has 2 atom stereocenters. The third-order valence-electron chi connectivity index (χ3n) is 1.68. The van der Waals surface area contributed by atoms with Crippen molar-refractivity contribution in [1.82, 2.24) is 0 Å². The quantitative estimate of drug-likeness (QED) is 0.605. The molecule has 68 valence electrons. The van der Waals surface area contributed by atoms with E-state index in [4.69, 9.17) is 0 Å². The van der Waals surface area contributed by atoms with E-state index in [0.29, 0.717) is 0 Å². The molecule has 0 aromatic rings. The first kappa shape index (κ1) is 10.9. The number of aliphatic hydroxyl groups excluding tert-OH is 1. The van der Waals surface area contributed by atoms with Crippen LogP contribution in [0.15, 0.2) is 0 Å². The van der Waals surface area contributed by atoms with E-state index in [2.05, 4.69) is 0 Å². The molecule has 2 unspecified atom stereocenters. The fourth-order valence-corrected chi connectivity index (χ4v) is 1.52. The second-order valence-electron chi connectivity index (χ2n) is 3.84. The standard InChI is InChI=1S/C7H16O3S/c1-5(11(9)10)6(8)7(2,3)4/h5-6,8,11H,1-4H3. The highest BCUT2D eigenvalue weighted by Gasteiger charge is 2.29. The molecule has 0 fully saturated rings. The summed E-state index contributed by atoms with van der Waals surface area (Å²) in [6.45, 7) is 6.95. The fraction of sp³-hybridized carbons (Fsp3) is 1.00. The summed E-state index contributed by atoms with van der Waals surface area (Å²) < 4.78 is 20.9. The lowest BCUT2D eigenvalue weighted by atomic mass is 9.87. The Hall–Kier alpha value is -0.0900. The average molecular weight is 180 g/mol. The zero-order valence-electron chi connectivity index (χ0n) is 7.37. The lowest BCUT2D eigenvalue weighted by molar-refractivity contribution is 0.0634. The first-order valence-electron chi connectivity index (χ1n) is 3.58. The first-order valence-corrected chi connectivity index (χ1v) is 4.83. The molecule has 0 aliphatic heterocycles. The number of hydrogen-bond donors (Lipinski definition) is 2. The molecule has 0 saturated heterocycles. The van der Waals surface area contributed by atoms with Crippen molar-refractivity contribution in [3.8, 4) is 0 Å². The average Bonchev–Trinajstić information content (AvgIpc) is 1.82. The zero-order chi connectivity index (χ0) is 9.23. The second-order valence-corrected chi connectivity index (χ2v) is 5.22. The van der Waals surface area contributed by atoms with Gasteiger partial charge in [0.1, 0.15) is 10.7 Å². The summed E-state index contributed by atoms with van der Waals surface area (Å²) in [5.41, 5.74) is -0.366. The van der Waals surface area contributed by atoms with E-state index in [1.807, 2.05) is 20.8 Å². The molecule has 0 amide bonds. The van der Waals surface area contributed by atoms with Gasteiger partial charge in [-0.1, -0.05) is 20.8 Å². The maximum absolute atomic E-state index is 10.5. The summed E-state index contributed by atoms with van der Waals surface area (Å²) in [4.78, 5) is 0. The molecule has 0 heterocycles. The molecule has 0 rings (SSSR count). The third-order valence-corrected chi connectivity index (χ3v) is 2.62. The van der Waals surface area contributed by atoms with Crippen molar-refractivity contribution in [3.05, 3.63) is 0 Å². The molecule has 0 aromatic carbocycles. The minimum absolute atomic E-state index is 0.366. The fourth-order valence-electron chi connectivity index (χ4n) is 0.839. The second kappa shape index (κ2) is 3.54. The molecule has 0 aliphatic carbocycles. The molecule has 0 spiro atoms. The Balaban J connectivity index is 4.37. The van der Waals surface area contributed by atoms with Gasteiger partial charge in [-0.05, 0) is 12.3 Å². The largest absolute Gasteiger partial charge is 0.391 e. The SMILES string of the molecule is CC(C(O)C(C)(C)C)[SH](=O)=O. The van der Waals surface area contributed by atoms with Crippen LogP contribution < -0.4 is 0 Å². The van der Waals surface area contributed by atoms with Crippen molar-refractivity contribution in [2.24, 2.45) is 5.41 Å². The van der Waals surface area contributed by atoms with Crippen LogP contribution in [0, 0.1) is 5.41 Å². The highest BCUT2D eigenvalue weighted by molar-refractivity contribution is 7.73. The smallest absolute Gasteiger partial charge is 0.145 e. The topological polar surface area (TPSA) is 54.4 Å². The van der Waals surface area contributed by atoms with Crippen LogP contribution in [0.4, 0.5) is 0 Å². The van der Waals surface area contributed by atoms with Gasteiger partial charge >= 0.3 is 0 Å². The minimum atomic E-state index is -2.52. The molecule has 0 aliphatic rings. The Bertz CT molecular complexity index is 182. The van der Waals surface area contributed by atoms with Crippen molar-refractivity contribution in [2.45, 2.75) is 39.0 Å². The predicted molar refractivity (Wildman–Crippen MR) is 45.2 cm³/mol. The van der Waals surface area contributed by atoms with Gasteiger partial charge in [0.25, 0.3) is 0 Å². The summed E-state index contributed by atoms with van der Waals surface area (Å²) >= 11 is 0. The number of rotatable bonds is 2. The molecular formula is C7H16O3S. The normalized spacial score (nSPS) is 18.4. The van der Waals surface area contributed by atoms with Gasteiger partial charge < -0.3 is 5.11 Å². The van der Waals surface area contributed by atoms with Crippen molar-refractivity contribution < 1.29 is 13.5 Å². The highest BCUT2D eigenvalue weighted by Crippen LogP contribution is 2.22. The van der Waals surface area contributed by atoms with Gasteiger partial charge in [0.05, 0.1) is 11.4 Å². The van der Waals surface area contributed by atoms with Crippen molar-refractivity contribution in [2.75, 3.05) is 0 Å². The summed E-state index contributed by atoms with van der Waals surface area (Å²) in [7, 11) is -2.52. The van der Waals surface area contributed by atoms with Crippen LogP contribution in [0.25, 0.3) is 0 Å². The number of thiol groups is 1. The summed E-state index contributed by atoms with van der Waals surface area (Å²) in [5, 5.41) is 8.78. The number of hydrogen-bond acceptors (Lipinski definition) is 3. The maximum Gasteiger partial charge on any atom is 0.145 e. The monoisotopic (exact) mass is 180 g/mol. The van der Waals surface area contributed by atoms with Crippen LogP contribution in [0.2, 0.25) is 0 Å². The van der Waals surface area contributed by atoms with Crippen LogP contribution >= 0.6 is 0 Å². The highest BCUT2D eigenvalue weighted by atomic mass is 32.2. The van der Waals surface area contributed by atoms with Crippen LogP contribution in [0.5, 0.6) is 0 Å². The Morgan fingerprint density at radius 2 is 1.64 bits per heavy atom. The van der Waals surface area contributed by atoms with Gasteiger partial charge in [-0.2, -0.15) is 0 Å². The zero-order valence-corrected chi connectivity index (χ0v) is 8.26. The summed E-state index contributed by atoms with van der Waals surface area (Å²) in [6, 6.07) is 0. The maximum atomic E-state index is 10.5. The van der Waals surface area contributed by atoms with E-state index in [9.17, 15) is 13.5 Å². The van der Waals surface area contributed by atoms with Crippen LogP contribution in [0.3, 0.4) is 0 Å². The van der Waals surface area contributed by atoms with Gasteiger partial charge in [-0.25, -0.2) is 8.42 Å². The van der Waals surface area contributed by atoms with Crippen LogP contribution in [0.1, 0.15) is 27.7 Å². The first-order chi connectivity index (χ1) is 4.76. The summed E-state index contributed by atoms with van der Waals surface area (Å²) in [5.74, 6) is 0. The summed E-state index contributed by atoms with van der Waals surface area (Å²) in [6.07, 6.45) is -0.788. The van der Waals surface area contributed by atoms with Gasteiger partial charge in [0, 0.05) is 0 Å². The van der Waals surface area contributed by atoms with Crippen molar-refractivity contribution in [3.63, 3.8) is 0 Å². The van der Waals surface area contributed by atoms with E-state index in [0.717, 1.165) is 0 Å². The molecule has 1 N–H and O–H groups in total. The van der Waals surface area contributed by atoms with Gasteiger partial charge in [0.15, 0.2) is 0 Å². The van der Waals surface area contributed by atoms with Crippen molar-refractivity contribution in [1.29, 1.82) is 0 Å². The van der Waals surface area contributed by atoms with E-state index in [1.54, 1.807) is 0 Å². The molecular weight excluding hydrogens is 164 g/mol. The van der Waals surface area contributed by atoms with Crippen LogP contribution in [-0.2, 0) is 10.7 Å². The van der Waals surface area contributed by atoms with Gasteiger partial charge in [-0.15, -0.1) is 0 Å². The Morgan fingerprint density at radius 3 is 1.73 bits per heavy atom. The lowest BCUT2D eigenvalue weighted by Crippen LogP contribution is -2.36. The van der Waals surface area contributed by atoms with Crippen LogP contribution in [-0.4, -0.2) is 24.9 Å². The molecule has 0 saturated carbocycles. The van der Waals surface area contributed by atoms with E-state index >= 15 is 0 Å².